The molecule has 0 N–H and O–H groups in total. The van der Waals surface area contributed by atoms with Gasteiger partial charge in [0.05, 0.1) is 30.8 Å². The molecule has 0 fully saturated rings. The van der Waals surface area contributed by atoms with Gasteiger partial charge in [-0.3, -0.25) is 9.20 Å². The van der Waals surface area contributed by atoms with Crippen LogP contribution in [0, 0.1) is 17.1 Å². The molecule has 132 valence electrons. The van der Waals surface area contributed by atoms with Gasteiger partial charge in [0.25, 0.3) is 0 Å². The molecule has 3 aromatic rings. The van der Waals surface area contributed by atoms with Crippen LogP contribution >= 0.6 is 0 Å². The number of methoxy groups -OCH3 is 1. The van der Waals surface area contributed by atoms with E-state index in [-0.39, 0.29) is 22.8 Å². The molecule has 0 aliphatic heterocycles. The lowest BCUT2D eigenvalue weighted by Gasteiger charge is -2.07. The summed E-state index contributed by atoms with van der Waals surface area (Å²) in [6, 6.07) is 6.63. The molecule has 0 saturated heterocycles. The number of rotatable bonds is 6. The largest absolute Gasteiger partial charge is 0.495 e. The van der Waals surface area contributed by atoms with E-state index >= 15 is 0 Å². The molecular weight excluding hydrogens is 335 g/mol. The molecule has 1 aromatic carbocycles. The summed E-state index contributed by atoms with van der Waals surface area (Å²) in [4.78, 5) is 21.5. The number of aryl methyl sites for hydroxylation is 1. The normalized spacial score (nSPS) is 10.7. The molecule has 2 heterocycles. The topological polar surface area (TPSA) is 80.3 Å². The second-order valence-electron chi connectivity index (χ2n) is 5.81. The summed E-state index contributed by atoms with van der Waals surface area (Å²) in [5.74, 6) is -0.232. The van der Waals surface area contributed by atoms with E-state index in [0.717, 1.165) is 19.0 Å². The van der Waals surface area contributed by atoms with Crippen LogP contribution in [0.2, 0.25) is 0 Å². The highest BCUT2D eigenvalue weighted by molar-refractivity contribution is 6.09. The predicted octanol–water partition coefficient (Wildman–Crippen LogP) is 3.32. The minimum Gasteiger partial charge on any atom is -0.495 e. The fourth-order valence-corrected chi connectivity index (χ4v) is 2.79. The Morgan fingerprint density at radius 2 is 2.23 bits per heavy atom. The first-order valence-corrected chi connectivity index (χ1v) is 8.24. The number of benzene rings is 1. The van der Waals surface area contributed by atoms with Crippen molar-refractivity contribution < 1.29 is 13.9 Å². The number of nitriles is 1. The number of nitrogens with zero attached hydrogens (tertiary/aromatic N) is 4. The zero-order valence-electron chi connectivity index (χ0n) is 14.5. The van der Waals surface area contributed by atoms with Gasteiger partial charge in [-0.25, -0.2) is 14.4 Å². The Labute approximate surface area is 149 Å². The van der Waals surface area contributed by atoms with Gasteiger partial charge in [0.1, 0.15) is 17.5 Å². The molecule has 6 nitrogen and oxygen atoms in total. The van der Waals surface area contributed by atoms with E-state index in [1.807, 2.05) is 13.0 Å². The second-order valence-corrected chi connectivity index (χ2v) is 5.81. The quantitative estimate of drug-likeness (QED) is 0.636. The molecule has 0 amide bonds. The standard InChI is InChI=1S/C19H17FN4O2/c1-3-4-5-15-17(24-11-14(20)10-22-19(24)23-15)18(25)12-6-7-16(26-2)13(8-12)9-21/h6-8,10-11H,3-5H2,1-2H3. The Kier molecular flexibility index (Phi) is 4.94. The van der Waals surface area contributed by atoms with E-state index in [2.05, 4.69) is 9.97 Å². The van der Waals surface area contributed by atoms with Crippen molar-refractivity contribution in [3.63, 3.8) is 0 Å². The van der Waals surface area contributed by atoms with Gasteiger partial charge in [0.15, 0.2) is 5.82 Å². The van der Waals surface area contributed by atoms with E-state index in [4.69, 9.17) is 4.74 Å². The molecule has 26 heavy (non-hydrogen) atoms. The third-order valence-corrected chi connectivity index (χ3v) is 4.08. The molecule has 0 saturated carbocycles. The van der Waals surface area contributed by atoms with Crippen molar-refractivity contribution in [3.05, 3.63) is 58.9 Å². The number of hydrogen-bond acceptors (Lipinski definition) is 5. The Hall–Kier alpha value is -3.27. The molecule has 2 aromatic heterocycles. The van der Waals surface area contributed by atoms with Crippen LogP contribution in [-0.2, 0) is 6.42 Å². The fraction of sp³-hybridized carbons (Fsp3) is 0.263. The molecule has 0 spiro atoms. The monoisotopic (exact) mass is 352 g/mol. The average molecular weight is 352 g/mol. The number of imidazole rings is 1. The van der Waals surface area contributed by atoms with Crippen molar-refractivity contribution in [3.8, 4) is 11.8 Å². The summed E-state index contributed by atoms with van der Waals surface area (Å²) in [6.45, 7) is 2.04. The third-order valence-electron chi connectivity index (χ3n) is 4.08. The summed E-state index contributed by atoms with van der Waals surface area (Å²) >= 11 is 0. The summed E-state index contributed by atoms with van der Waals surface area (Å²) in [6.07, 6.45) is 4.64. The number of aromatic nitrogens is 3. The van der Waals surface area contributed by atoms with Crippen LogP contribution in [0.15, 0.2) is 30.6 Å². The van der Waals surface area contributed by atoms with Crippen LogP contribution < -0.4 is 4.74 Å². The van der Waals surface area contributed by atoms with Gasteiger partial charge in [0, 0.05) is 5.56 Å². The second kappa shape index (κ2) is 7.31. The van der Waals surface area contributed by atoms with Gasteiger partial charge in [-0.2, -0.15) is 5.26 Å². The number of carbonyl (C=O) groups is 1. The molecule has 0 unspecified atom stereocenters. The Balaban J connectivity index is 2.15. The number of halogens is 1. The molecule has 7 heteroatoms. The van der Waals surface area contributed by atoms with E-state index in [0.29, 0.717) is 23.4 Å². The van der Waals surface area contributed by atoms with Crippen molar-refractivity contribution in [2.45, 2.75) is 26.2 Å². The minimum atomic E-state index is -0.557. The fourth-order valence-electron chi connectivity index (χ4n) is 2.79. The Morgan fingerprint density at radius 1 is 1.42 bits per heavy atom. The van der Waals surface area contributed by atoms with Gasteiger partial charge in [0.2, 0.25) is 11.6 Å². The molecule has 3 rings (SSSR count). The summed E-state index contributed by atoms with van der Waals surface area (Å²) in [7, 11) is 1.46. The van der Waals surface area contributed by atoms with Crippen LogP contribution in [0.1, 0.15) is 47.1 Å². The first-order chi connectivity index (χ1) is 12.6. The lowest BCUT2D eigenvalue weighted by molar-refractivity contribution is 0.103. The highest BCUT2D eigenvalue weighted by Crippen LogP contribution is 2.23. The van der Waals surface area contributed by atoms with E-state index < -0.39 is 5.82 Å². The highest BCUT2D eigenvalue weighted by atomic mass is 19.1. The van der Waals surface area contributed by atoms with Crippen molar-refractivity contribution in [1.29, 1.82) is 5.26 Å². The van der Waals surface area contributed by atoms with Gasteiger partial charge in [-0.05, 0) is 31.0 Å². The smallest absolute Gasteiger partial charge is 0.234 e. The first-order valence-electron chi connectivity index (χ1n) is 8.24. The number of unbranched alkanes of at least 4 members (excludes halogenated alkanes) is 1. The minimum absolute atomic E-state index is 0.256. The molecular formula is C19H17FN4O2. The molecule has 0 atom stereocenters. The van der Waals surface area contributed by atoms with Gasteiger partial charge in [-0.15, -0.1) is 0 Å². The third kappa shape index (κ3) is 3.14. The van der Waals surface area contributed by atoms with Crippen molar-refractivity contribution in [2.24, 2.45) is 0 Å². The maximum atomic E-state index is 13.7. The van der Waals surface area contributed by atoms with Crippen LogP contribution in [-0.4, -0.2) is 27.3 Å². The highest BCUT2D eigenvalue weighted by Gasteiger charge is 2.22. The molecule has 0 radical (unpaired) electrons. The number of ketones is 1. The Morgan fingerprint density at radius 3 is 2.92 bits per heavy atom. The molecule has 0 aliphatic rings. The molecule has 0 aliphatic carbocycles. The zero-order valence-corrected chi connectivity index (χ0v) is 14.5. The number of hydrogen-bond donors (Lipinski definition) is 0. The van der Waals surface area contributed by atoms with Crippen LogP contribution in [0.3, 0.4) is 0 Å². The van der Waals surface area contributed by atoms with Crippen LogP contribution in [0.4, 0.5) is 4.39 Å². The van der Waals surface area contributed by atoms with E-state index in [1.165, 1.54) is 23.8 Å². The maximum Gasteiger partial charge on any atom is 0.234 e. The van der Waals surface area contributed by atoms with Crippen molar-refractivity contribution in [2.75, 3.05) is 7.11 Å². The number of ether oxygens (including phenoxy) is 1. The summed E-state index contributed by atoms with van der Waals surface area (Å²) in [5.41, 5.74) is 1.41. The number of carbonyl (C=O) groups excluding carboxylic acids is 1. The first kappa shape index (κ1) is 17.5. The zero-order chi connectivity index (χ0) is 18.7. The summed E-state index contributed by atoms with van der Waals surface area (Å²) in [5, 5.41) is 9.25. The van der Waals surface area contributed by atoms with E-state index in [9.17, 15) is 14.4 Å². The number of fused-ring (bicyclic) bond motifs is 1. The lowest BCUT2D eigenvalue weighted by Crippen LogP contribution is -2.09. The summed E-state index contributed by atoms with van der Waals surface area (Å²) < 4.78 is 20.2. The maximum absolute atomic E-state index is 13.7. The predicted molar refractivity (Wildman–Crippen MR) is 92.7 cm³/mol. The van der Waals surface area contributed by atoms with Gasteiger partial charge < -0.3 is 4.74 Å². The van der Waals surface area contributed by atoms with E-state index in [1.54, 1.807) is 12.1 Å². The lowest BCUT2D eigenvalue weighted by atomic mass is 10.0. The van der Waals surface area contributed by atoms with Crippen molar-refractivity contribution in [1.82, 2.24) is 14.4 Å². The van der Waals surface area contributed by atoms with Gasteiger partial charge >= 0.3 is 0 Å². The Bertz CT molecular complexity index is 1020. The average Bonchev–Trinajstić information content (AvgIpc) is 3.02. The van der Waals surface area contributed by atoms with Crippen LogP contribution in [0.5, 0.6) is 5.75 Å². The van der Waals surface area contributed by atoms with Gasteiger partial charge in [-0.1, -0.05) is 13.3 Å². The molecule has 0 bridgehead atoms. The van der Waals surface area contributed by atoms with Crippen molar-refractivity contribution >= 4 is 11.6 Å². The van der Waals surface area contributed by atoms with Crippen LogP contribution in [0.25, 0.3) is 5.78 Å². The SMILES string of the molecule is CCCCc1nc2ncc(F)cn2c1C(=O)c1ccc(OC)c(C#N)c1.